The van der Waals surface area contributed by atoms with Crippen molar-refractivity contribution in [2.24, 2.45) is 5.92 Å². The van der Waals surface area contributed by atoms with E-state index in [1.54, 1.807) is 0 Å². The fourth-order valence-electron chi connectivity index (χ4n) is 3.10. The molecule has 0 amide bonds. The standard InChI is InChI=1S/C11H23N/c1-6-12-10(3)7-9(2)8-11(12,4)5/h9-10H,6-8H2,1-5H3. The summed E-state index contributed by atoms with van der Waals surface area (Å²) in [6.07, 6.45) is 2.72. The molecule has 1 heteroatoms. The maximum absolute atomic E-state index is 2.63. The van der Waals surface area contributed by atoms with E-state index in [0.717, 1.165) is 12.0 Å². The zero-order valence-corrected chi connectivity index (χ0v) is 9.22. The van der Waals surface area contributed by atoms with Crippen molar-refractivity contribution < 1.29 is 0 Å². The Morgan fingerprint density at radius 1 is 1.33 bits per heavy atom. The molecule has 0 aliphatic carbocycles. The molecule has 0 N–H and O–H groups in total. The fourth-order valence-corrected chi connectivity index (χ4v) is 3.10. The van der Waals surface area contributed by atoms with E-state index in [1.807, 2.05) is 0 Å². The minimum atomic E-state index is 0.422. The molecular weight excluding hydrogens is 146 g/mol. The van der Waals surface area contributed by atoms with Crippen LogP contribution in [0, 0.1) is 5.92 Å². The Bertz CT molecular complexity index is 151. The molecule has 1 fully saturated rings. The van der Waals surface area contributed by atoms with Crippen molar-refractivity contribution in [1.82, 2.24) is 4.90 Å². The van der Waals surface area contributed by atoms with Crippen molar-refractivity contribution in [3.63, 3.8) is 0 Å². The lowest BCUT2D eigenvalue weighted by Gasteiger charge is -2.48. The van der Waals surface area contributed by atoms with Gasteiger partial charge >= 0.3 is 0 Å². The normalized spacial score (nSPS) is 36.8. The number of piperidine rings is 1. The third-order valence-electron chi connectivity index (χ3n) is 3.24. The molecule has 1 rings (SSSR count). The highest BCUT2D eigenvalue weighted by Crippen LogP contribution is 2.34. The molecule has 1 heterocycles. The van der Waals surface area contributed by atoms with Gasteiger partial charge in [0.1, 0.15) is 0 Å². The van der Waals surface area contributed by atoms with Crippen LogP contribution in [0.25, 0.3) is 0 Å². The molecule has 0 saturated carbocycles. The van der Waals surface area contributed by atoms with E-state index < -0.39 is 0 Å². The average molecular weight is 169 g/mol. The van der Waals surface area contributed by atoms with Gasteiger partial charge < -0.3 is 0 Å². The van der Waals surface area contributed by atoms with Gasteiger partial charge in [0.05, 0.1) is 0 Å². The van der Waals surface area contributed by atoms with Crippen LogP contribution in [0.5, 0.6) is 0 Å². The second kappa shape index (κ2) is 3.37. The maximum Gasteiger partial charge on any atom is 0.0158 e. The molecule has 1 aliphatic rings. The lowest BCUT2D eigenvalue weighted by molar-refractivity contribution is 0.0130. The van der Waals surface area contributed by atoms with Crippen molar-refractivity contribution in [3.05, 3.63) is 0 Å². The molecule has 2 unspecified atom stereocenters. The number of nitrogens with zero attached hydrogens (tertiary/aromatic N) is 1. The molecule has 1 aliphatic heterocycles. The van der Waals surface area contributed by atoms with E-state index in [0.29, 0.717) is 5.54 Å². The molecule has 1 saturated heterocycles. The van der Waals surface area contributed by atoms with Gasteiger partial charge in [-0.1, -0.05) is 13.8 Å². The van der Waals surface area contributed by atoms with Crippen molar-refractivity contribution in [2.45, 2.75) is 59.0 Å². The van der Waals surface area contributed by atoms with E-state index in [9.17, 15) is 0 Å². The van der Waals surface area contributed by atoms with Gasteiger partial charge in [-0.15, -0.1) is 0 Å². The second-order valence-electron chi connectivity index (χ2n) is 4.99. The maximum atomic E-state index is 2.63. The first kappa shape index (κ1) is 10.0. The summed E-state index contributed by atoms with van der Waals surface area (Å²) in [5.41, 5.74) is 0.422. The third-order valence-corrected chi connectivity index (χ3v) is 3.24. The molecule has 0 radical (unpaired) electrons. The van der Waals surface area contributed by atoms with E-state index in [2.05, 4.69) is 39.5 Å². The second-order valence-corrected chi connectivity index (χ2v) is 4.99. The van der Waals surface area contributed by atoms with Crippen molar-refractivity contribution >= 4 is 0 Å². The Labute approximate surface area is 77.1 Å². The largest absolute Gasteiger partial charge is 0.296 e. The summed E-state index contributed by atoms with van der Waals surface area (Å²) in [6.45, 7) is 13.0. The first-order chi connectivity index (χ1) is 5.47. The smallest absolute Gasteiger partial charge is 0.0158 e. The molecule has 0 spiro atoms. The molecule has 72 valence electrons. The van der Waals surface area contributed by atoms with Crippen LogP contribution < -0.4 is 0 Å². The van der Waals surface area contributed by atoms with Crippen LogP contribution in [-0.4, -0.2) is 23.0 Å². The highest BCUT2D eigenvalue weighted by atomic mass is 15.2. The molecule has 12 heavy (non-hydrogen) atoms. The fraction of sp³-hybridized carbons (Fsp3) is 1.00. The summed E-state index contributed by atoms with van der Waals surface area (Å²) >= 11 is 0. The highest BCUT2D eigenvalue weighted by Gasteiger charge is 2.35. The third kappa shape index (κ3) is 1.82. The Balaban J connectivity index is 2.71. The molecule has 0 bridgehead atoms. The van der Waals surface area contributed by atoms with Crippen LogP contribution in [0.15, 0.2) is 0 Å². The molecule has 0 aromatic carbocycles. The SMILES string of the molecule is CCN1C(C)CC(C)CC1(C)C. The van der Waals surface area contributed by atoms with Gasteiger partial charge in [0, 0.05) is 11.6 Å². The van der Waals surface area contributed by atoms with Crippen LogP contribution in [0.1, 0.15) is 47.5 Å². The van der Waals surface area contributed by atoms with Crippen molar-refractivity contribution in [2.75, 3.05) is 6.54 Å². The molecule has 1 nitrogen and oxygen atoms in total. The van der Waals surface area contributed by atoms with Gasteiger partial charge in [-0.3, -0.25) is 4.90 Å². The van der Waals surface area contributed by atoms with Gasteiger partial charge in [0.15, 0.2) is 0 Å². The van der Waals surface area contributed by atoms with Gasteiger partial charge in [-0.05, 0) is 46.1 Å². The monoisotopic (exact) mass is 169 g/mol. The summed E-state index contributed by atoms with van der Waals surface area (Å²) in [7, 11) is 0. The average Bonchev–Trinajstić information content (AvgIpc) is 1.82. The summed E-state index contributed by atoms with van der Waals surface area (Å²) < 4.78 is 0. The van der Waals surface area contributed by atoms with E-state index in [-0.39, 0.29) is 0 Å². The van der Waals surface area contributed by atoms with Crippen LogP contribution in [0.4, 0.5) is 0 Å². The lowest BCUT2D eigenvalue weighted by atomic mass is 9.80. The van der Waals surface area contributed by atoms with E-state index >= 15 is 0 Å². The van der Waals surface area contributed by atoms with Gasteiger partial charge in [-0.2, -0.15) is 0 Å². The zero-order valence-electron chi connectivity index (χ0n) is 9.22. The Kier molecular flexibility index (Phi) is 2.82. The first-order valence-corrected chi connectivity index (χ1v) is 5.24. The minimum Gasteiger partial charge on any atom is -0.296 e. The molecule has 0 aromatic rings. The Morgan fingerprint density at radius 2 is 1.92 bits per heavy atom. The van der Waals surface area contributed by atoms with Crippen LogP contribution in [0.3, 0.4) is 0 Å². The predicted molar refractivity (Wildman–Crippen MR) is 54.3 cm³/mol. The van der Waals surface area contributed by atoms with E-state index in [4.69, 9.17) is 0 Å². The molecular formula is C11H23N. The first-order valence-electron chi connectivity index (χ1n) is 5.24. The van der Waals surface area contributed by atoms with Crippen molar-refractivity contribution in [3.8, 4) is 0 Å². The van der Waals surface area contributed by atoms with Gasteiger partial charge in [0.25, 0.3) is 0 Å². The summed E-state index contributed by atoms with van der Waals surface area (Å²) in [5.74, 6) is 0.901. The number of hydrogen-bond donors (Lipinski definition) is 0. The minimum absolute atomic E-state index is 0.422. The summed E-state index contributed by atoms with van der Waals surface area (Å²) in [6, 6.07) is 0.772. The Hall–Kier alpha value is -0.0400. The van der Waals surface area contributed by atoms with Gasteiger partial charge in [0.2, 0.25) is 0 Å². The highest BCUT2D eigenvalue weighted by molar-refractivity contribution is 4.91. The van der Waals surface area contributed by atoms with Crippen molar-refractivity contribution in [1.29, 1.82) is 0 Å². The number of hydrogen-bond acceptors (Lipinski definition) is 1. The molecule has 0 aromatic heterocycles. The van der Waals surface area contributed by atoms with Crippen LogP contribution in [-0.2, 0) is 0 Å². The van der Waals surface area contributed by atoms with Crippen LogP contribution >= 0.6 is 0 Å². The zero-order chi connectivity index (χ0) is 9.35. The Morgan fingerprint density at radius 3 is 2.33 bits per heavy atom. The lowest BCUT2D eigenvalue weighted by Crippen LogP contribution is -2.53. The van der Waals surface area contributed by atoms with Crippen LogP contribution in [0.2, 0.25) is 0 Å². The number of likely N-dealkylation sites (tertiary alicyclic amines) is 1. The number of rotatable bonds is 1. The predicted octanol–water partition coefficient (Wildman–Crippen LogP) is 2.91. The van der Waals surface area contributed by atoms with Gasteiger partial charge in [-0.25, -0.2) is 0 Å². The molecule has 2 atom stereocenters. The summed E-state index contributed by atoms with van der Waals surface area (Å²) in [5, 5.41) is 0. The quantitative estimate of drug-likeness (QED) is 0.583. The summed E-state index contributed by atoms with van der Waals surface area (Å²) in [4.78, 5) is 2.63. The topological polar surface area (TPSA) is 3.24 Å². The van der Waals surface area contributed by atoms with E-state index in [1.165, 1.54) is 19.4 Å².